The lowest BCUT2D eigenvalue weighted by atomic mass is 10.1. The van der Waals surface area contributed by atoms with Gasteiger partial charge in [-0.2, -0.15) is 11.8 Å². The van der Waals surface area contributed by atoms with Gasteiger partial charge < -0.3 is 15.7 Å². The fourth-order valence-corrected chi connectivity index (χ4v) is 3.05. The molecule has 7 heteroatoms. The van der Waals surface area contributed by atoms with Gasteiger partial charge in [0.25, 0.3) is 5.91 Å². The summed E-state index contributed by atoms with van der Waals surface area (Å²) in [5, 5.41) is 9.53. The molecule has 3 N–H and O–H groups in total. The Morgan fingerprint density at radius 1 is 1.47 bits per heavy atom. The Balaban J connectivity index is 2.26. The second-order valence-corrected chi connectivity index (χ2v) is 5.72. The van der Waals surface area contributed by atoms with Crippen molar-refractivity contribution >= 4 is 40.9 Å². The van der Waals surface area contributed by atoms with E-state index < -0.39 is 12.0 Å². The number of aliphatic carboxylic acids is 1. The van der Waals surface area contributed by atoms with E-state index in [1.165, 1.54) is 22.7 Å². The molecule has 2 rings (SSSR count). The zero-order valence-corrected chi connectivity index (χ0v) is 11.6. The van der Waals surface area contributed by atoms with Crippen molar-refractivity contribution in [3.05, 3.63) is 28.8 Å². The third-order valence-corrected chi connectivity index (χ3v) is 4.28. The molecule has 1 fully saturated rings. The average Bonchev–Trinajstić information content (AvgIpc) is 2.41. The number of hydrogen-bond donors (Lipinski definition) is 2. The fraction of sp³-hybridized carbons (Fsp3) is 0.333. The monoisotopic (exact) mass is 300 g/mol. The van der Waals surface area contributed by atoms with E-state index >= 15 is 0 Å². The minimum atomic E-state index is -0.984. The van der Waals surface area contributed by atoms with E-state index in [-0.39, 0.29) is 5.91 Å². The van der Waals surface area contributed by atoms with Crippen LogP contribution in [0.15, 0.2) is 18.2 Å². The maximum Gasteiger partial charge on any atom is 0.327 e. The highest BCUT2D eigenvalue weighted by molar-refractivity contribution is 7.99. The molecule has 0 bridgehead atoms. The Morgan fingerprint density at radius 2 is 2.21 bits per heavy atom. The molecule has 0 aliphatic carbocycles. The summed E-state index contributed by atoms with van der Waals surface area (Å²) in [4.78, 5) is 24.9. The second-order valence-electron chi connectivity index (χ2n) is 4.16. The van der Waals surface area contributed by atoms with Crippen LogP contribution in [0.1, 0.15) is 10.4 Å². The third kappa shape index (κ3) is 2.96. The van der Waals surface area contributed by atoms with Crippen LogP contribution in [0.2, 0.25) is 5.02 Å². The van der Waals surface area contributed by atoms with Crippen molar-refractivity contribution in [1.29, 1.82) is 0 Å². The summed E-state index contributed by atoms with van der Waals surface area (Å²) in [6.45, 7) is 0.420. The SMILES string of the molecule is Nc1cc(C(=O)N2CCSCC2C(=O)O)ccc1Cl. The van der Waals surface area contributed by atoms with Crippen LogP contribution >= 0.6 is 23.4 Å². The molecule has 0 aromatic heterocycles. The van der Waals surface area contributed by atoms with Crippen molar-refractivity contribution in [2.75, 3.05) is 23.8 Å². The number of amides is 1. The highest BCUT2D eigenvalue weighted by Gasteiger charge is 2.32. The van der Waals surface area contributed by atoms with Crippen LogP contribution in [0.3, 0.4) is 0 Å². The summed E-state index contributed by atoms with van der Waals surface area (Å²) in [7, 11) is 0. The van der Waals surface area contributed by atoms with Gasteiger partial charge in [0.05, 0.1) is 10.7 Å². The Bertz CT molecular complexity index is 524. The predicted molar refractivity (Wildman–Crippen MR) is 75.6 cm³/mol. The minimum Gasteiger partial charge on any atom is -0.480 e. The van der Waals surface area contributed by atoms with E-state index in [0.717, 1.165) is 5.75 Å². The molecule has 1 aliphatic rings. The van der Waals surface area contributed by atoms with Gasteiger partial charge in [-0.05, 0) is 18.2 Å². The summed E-state index contributed by atoms with van der Waals surface area (Å²) in [5.41, 5.74) is 6.33. The molecule has 19 heavy (non-hydrogen) atoms. The number of anilines is 1. The van der Waals surface area contributed by atoms with Gasteiger partial charge in [0, 0.05) is 23.6 Å². The number of nitrogens with two attached hydrogens (primary N) is 1. The molecule has 1 amide bonds. The molecule has 1 aromatic carbocycles. The Labute approximate surface area is 119 Å². The van der Waals surface area contributed by atoms with E-state index in [4.69, 9.17) is 22.4 Å². The number of nitrogens with zero attached hydrogens (tertiary/aromatic N) is 1. The lowest BCUT2D eigenvalue weighted by Gasteiger charge is -2.32. The average molecular weight is 301 g/mol. The van der Waals surface area contributed by atoms with Crippen LogP contribution < -0.4 is 5.73 Å². The number of nitrogen functional groups attached to an aromatic ring is 1. The smallest absolute Gasteiger partial charge is 0.327 e. The van der Waals surface area contributed by atoms with Crippen LogP contribution in [-0.4, -0.2) is 46.0 Å². The molecule has 0 spiro atoms. The molecule has 5 nitrogen and oxygen atoms in total. The maximum absolute atomic E-state index is 12.3. The van der Waals surface area contributed by atoms with Gasteiger partial charge in [-0.15, -0.1) is 0 Å². The first-order valence-corrected chi connectivity index (χ1v) is 7.20. The number of hydrogen-bond acceptors (Lipinski definition) is 4. The van der Waals surface area contributed by atoms with E-state index in [0.29, 0.717) is 28.6 Å². The third-order valence-electron chi connectivity index (χ3n) is 2.92. The van der Waals surface area contributed by atoms with E-state index in [1.807, 2.05) is 0 Å². The zero-order valence-electron chi connectivity index (χ0n) is 10.0. The van der Waals surface area contributed by atoms with Crippen LogP contribution in [0.25, 0.3) is 0 Å². The normalized spacial score (nSPS) is 19.2. The quantitative estimate of drug-likeness (QED) is 0.810. The number of carboxylic acid groups (broad SMARTS) is 1. The van der Waals surface area contributed by atoms with Crippen molar-refractivity contribution < 1.29 is 14.7 Å². The van der Waals surface area contributed by atoms with Gasteiger partial charge in [0.2, 0.25) is 0 Å². The Hall–Kier alpha value is -1.40. The van der Waals surface area contributed by atoms with E-state index in [9.17, 15) is 9.59 Å². The van der Waals surface area contributed by atoms with E-state index in [1.54, 1.807) is 12.1 Å². The molecule has 0 radical (unpaired) electrons. The van der Waals surface area contributed by atoms with Crippen molar-refractivity contribution in [1.82, 2.24) is 4.90 Å². The van der Waals surface area contributed by atoms with Crippen molar-refractivity contribution in [2.45, 2.75) is 6.04 Å². The van der Waals surface area contributed by atoms with E-state index in [2.05, 4.69) is 0 Å². The Kier molecular flexibility index (Phi) is 4.21. The van der Waals surface area contributed by atoms with Gasteiger partial charge in [0.1, 0.15) is 6.04 Å². The molecule has 1 heterocycles. The number of carboxylic acids is 1. The molecule has 1 atom stereocenters. The van der Waals surface area contributed by atoms with Crippen LogP contribution in [0, 0.1) is 0 Å². The first-order chi connectivity index (χ1) is 9.00. The topological polar surface area (TPSA) is 83.6 Å². The number of thioether (sulfide) groups is 1. The van der Waals surface area contributed by atoms with Crippen LogP contribution in [0.5, 0.6) is 0 Å². The molecule has 102 valence electrons. The number of carbonyl (C=O) groups is 2. The van der Waals surface area contributed by atoms with Gasteiger partial charge in [0.15, 0.2) is 0 Å². The van der Waals surface area contributed by atoms with Gasteiger partial charge in [-0.1, -0.05) is 11.6 Å². The molecule has 1 unspecified atom stereocenters. The summed E-state index contributed by atoms with van der Waals surface area (Å²) in [6, 6.07) is 3.79. The van der Waals surface area contributed by atoms with Crippen LogP contribution in [-0.2, 0) is 4.79 Å². The highest BCUT2D eigenvalue weighted by Crippen LogP contribution is 2.23. The molecular weight excluding hydrogens is 288 g/mol. The standard InChI is InChI=1S/C12H13ClN2O3S/c13-8-2-1-7(5-9(8)14)11(16)15-3-4-19-6-10(15)12(17)18/h1-2,5,10H,3-4,6,14H2,(H,17,18). The van der Waals surface area contributed by atoms with Crippen molar-refractivity contribution in [2.24, 2.45) is 0 Å². The molecule has 1 aliphatic heterocycles. The number of benzene rings is 1. The zero-order chi connectivity index (χ0) is 14.0. The summed E-state index contributed by atoms with van der Waals surface area (Å²) in [6.07, 6.45) is 0. The van der Waals surface area contributed by atoms with Gasteiger partial charge in [-0.3, -0.25) is 4.79 Å². The molecule has 1 saturated heterocycles. The number of carbonyl (C=O) groups excluding carboxylic acids is 1. The highest BCUT2D eigenvalue weighted by atomic mass is 35.5. The maximum atomic E-state index is 12.3. The van der Waals surface area contributed by atoms with Gasteiger partial charge in [-0.25, -0.2) is 4.79 Å². The molecule has 1 aromatic rings. The predicted octanol–water partition coefficient (Wildman–Crippen LogP) is 1.56. The summed E-state index contributed by atoms with van der Waals surface area (Å²) < 4.78 is 0. The Morgan fingerprint density at radius 3 is 2.84 bits per heavy atom. The minimum absolute atomic E-state index is 0.311. The lowest BCUT2D eigenvalue weighted by Crippen LogP contribution is -2.50. The number of rotatable bonds is 2. The number of halogens is 1. The second kappa shape index (κ2) is 5.71. The molecule has 0 saturated carbocycles. The first-order valence-electron chi connectivity index (χ1n) is 5.67. The molecular formula is C12H13ClN2O3S. The first kappa shape index (κ1) is 14.0. The largest absolute Gasteiger partial charge is 0.480 e. The van der Waals surface area contributed by atoms with Crippen molar-refractivity contribution in [3.63, 3.8) is 0 Å². The fourth-order valence-electron chi connectivity index (χ4n) is 1.89. The summed E-state index contributed by atoms with van der Waals surface area (Å²) in [5.74, 6) is -0.165. The van der Waals surface area contributed by atoms with Gasteiger partial charge >= 0.3 is 5.97 Å². The summed E-state index contributed by atoms with van der Waals surface area (Å²) >= 11 is 7.34. The van der Waals surface area contributed by atoms with Crippen LogP contribution in [0.4, 0.5) is 5.69 Å². The lowest BCUT2D eigenvalue weighted by molar-refractivity contribution is -0.141. The van der Waals surface area contributed by atoms with Crippen molar-refractivity contribution in [3.8, 4) is 0 Å².